The van der Waals surface area contributed by atoms with Crippen LogP contribution in [0.25, 0.3) is 22.2 Å². The van der Waals surface area contributed by atoms with Gasteiger partial charge in [-0.15, -0.1) is 0 Å². The van der Waals surface area contributed by atoms with Gasteiger partial charge in [0.25, 0.3) is 0 Å². The number of aromatic amines is 1. The number of rotatable bonds is 2. The van der Waals surface area contributed by atoms with E-state index < -0.39 is 0 Å². The minimum Gasteiger partial charge on any atom is -0.345 e. The lowest BCUT2D eigenvalue weighted by Gasteiger charge is -2.04. The van der Waals surface area contributed by atoms with Crippen molar-refractivity contribution in [1.82, 2.24) is 19.7 Å². The molecule has 0 aliphatic heterocycles. The second-order valence-corrected chi connectivity index (χ2v) is 4.29. The van der Waals surface area contributed by atoms with Crippen LogP contribution in [0.4, 0.5) is 0 Å². The molecule has 0 saturated carbocycles. The van der Waals surface area contributed by atoms with E-state index in [0.717, 1.165) is 34.0 Å². The maximum atomic E-state index is 11.0. The van der Waals surface area contributed by atoms with E-state index in [9.17, 15) is 4.79 Å². The van der Waals surface area contributed by atoms with Crippen molar-refractivity contribution in [3.63, 3.8) is 0 Å². The number of nitrogens with one attached hydrogen (secondary N) is 1. The molecule has 0 aliphatic carbocycles. The second kappa shape index (κ2) is 3.80. The number of aryl methyl sites for hydroxylation is 2. The van der Waals surface area contributed by atoms with E-state index in [4.69, 9.17) is 0 Å². The molecule has 3 heterocycles. The third kappa shape index (κ3) is 1.44. The molecule has 0 fully saturated rings. The smallest absolute Gasteiger partial charge is 0.152 e. The predicted molar refractivity (Wildman–Crippen MR) is 68.4 cm³/mol. The molecule has 18 heavy (non-hydrogen) atoms. The molecule has 0 spiro atoms. The van der Waals surface area contributed by atoms with Crippen molar-refractivity contribution in [2.24, 2.45) is 7.05 Å². The summed E-state index contributed by atoms with van der Waals surface area (Å²) in [7, 11) is 1.87. The van der Waals surface area contributed by atoms with E-state index in [1.165, 1.54) is 0 Å². The zero-order valence-electron chi connectivity index (χ0n) is 10.1. The van der Waals surface area contributed by atoms with E-state index in [-0.39, 0.29) is 0 Å². The highest BCUT2D eigenvalue weighted by Gasteiger charge is 2.12. The minimum atomic E-state index is 0.640. The van der Waals surface area contributed by atoms with Crippen molar-refractivity contribution < 1.29 is 4.79 Å². The monoisotopic (exact) mass is 240 g/mol. The molecule has 0 bridgehead atoms. The summed E-state index contributed by atoms with van der Waals surface area (Å²) in [6, 6.07) is 0. The highest BCUT2D eigenvalue weighted by molar-refractivity contribution is 5.99. The molecule has 0 amide bonds. The van der Waals surface area contributed by atoms with Crippen molar-refractivity contribution in [2.75, 3.05) is 0 Å². The normalized spacial score (nSPS) is 11.0. The van der Waals surface area contributed by atoms with Crippen LogP contribution in [-0.4, -0.2) is 26.0 Å². The fourth-order valence-corrected chi connectivity index (χ4v) is 2.23. The van der Waals surface area contributed by atoms with Gasteiger partial charge in [-0.1, -0.05) is 0 Å². The zero-order chi connectivity index (χ0) is 12.7. The van der Waals surface area contributed by atoms with Crippen LogP contribution in [0.1, 0.15) is 15.9 Å². The molecule has 0 saturated heterocycles. The van der Waals surface area contributed by atoms with E-state index in [2.05, 4.69) is 15.1 Å². The van der Waals surface area contributed by atoms with E-state index >= 15 is 0 Å². The maximum Gasteiger partial charge on any atom is 0.152 e. The highest BCUT2D eigenvalue weighted by Crippen LogP contribution is 2.29. The Morgan fingerprint density at radius 1 is 1.39 bits per heavy atom. The van der Waals surface area contributed by atoms with Crippen LogP contribution in [0.5, 0.6) is 0 Å². The molecule has 3 aromatic rings. The van der Waals surface area contributed by atoms with Crippen LogP contribution < -0.4 is 0 Å². The first-order valence-corrected chi connectivity index (χ1v) is 5.61. The average Bonchev–Trinajstić information content (AvgIpc) is 2.96. The van der Waals surface area contributed by atoms with Crippen molar-refractivity contribution in [3.05, 3.63) is 35.9 Å². The number of fused-ring (bicyclic) bond motifs is 1. The lowest BCUT2D eigenvalue weighted by molar-refractivity contribution is 0.112. The SMILES string of the molecule is Cc1c(-c2cnn(C)c2)cnc2[nH]cc(C=O)c12. The second-order valence-electron chi connectivity index (χ2n) is 4.29. The first-order chi connectivity index (χ1) is 8.70. The lowest BCUT2D eigenvalue weighted by atomic mass is 10.0. The highest BCUT2D eigenvalue weighted by atomic mass is 16.1. The molecule has 1 N–H and O–H groups in total. The van der Waals surface area contributed by atoms with Crippen molar-refractivity contribution in [1.29, 1.82) is 0 Å². The van der Waals surface area contributed by atoms with Crippen LogP contribution in [0.2, 0.25) is 0 Å². The molecule has 0 aliphatic rings. The summed E-state index contributed by atoms with van der Waals surface area (Å²) < 4.78 is 1.75. The van der Waals surface area contributed by atoms with E-state index in [1.807, 2.05) is 20.2 Å². The molecule has 0 aromatic carbocycles. The fraction of sp³-hybridized carbons (Fsp3) is 0.154. The third-order valence-corrected chi connectivity index (χ3v) is 3.13. The van der Waals surface area contributed by atoms with Crippen molar-refractivity contribution in [2.45, 2.75) is 6.92 Å². The van der Waals surface area contributed by atoms with E-state index in [1.54, 1.807) is 23.3 Å². The van der Waals surface area contributed by atoms with Crippen molar-refractivity contribution in [3.8, 4) is 11.1 Å². The molecule has 0 radical (unpaired) electrons. The Hall–Kier alpha value is -2.43. The quantitative estimate of drug-likeness (QED) is 0.697. The van der Waals surface area contributed by atoms with Crippen molar-refractivity contribution >= 4 is 17.3 Å². The molecule has 5 heteroatoms. The maximum absolute atomic E-state index is 11.0. The molecule has 0 atom stereocenters. The molecule has 3 aromatic heterocycles. The van der Waals surface area contributed by atoms with Crippen LogP contribution in [-0.2, 0) is 7.05 Å². The number of carbonyl (C=O) groups excluding carboxylic acids is 1. The summed E-state index contributed by atoms with van der Waals surface area (Å²) in [5.74, 6) is 0. The molecule has 3 rings (SSSR count). The molecule has 90 valence electrons. The first-order valence-electron chi connectivity index (χ1n) is 5.61. The number of hydrogen-bond acceptors (Lipinski definition) is 3. The first kappa shape index (κ1) is 10.7. The molecule has 0 unspecified atom stereocenters. The zero-order valence-corrected chi connectivity index (χ0v) is 10.1. The van der Waals surface area contributed by atoms with Gasteiger partial charge in [-0.3, -0.25) is 9.48 Å². The number of nitrogens with zero attached hydrogens (tertiary/aromatic N) is 3. The standard InChI is InChI=1S/C13H12N4O/c1-8-11(9-4-16-17(2)6-9)5-15-13-12(8)10(7-18)3-14-13/h3-7H,1-2H3,(H,14,15). The van der Waals surface area contributed by atoms with Gasteiger partial charge in [0.15, 0.2) is 6.29 Å². The number of carbonyl (C=O) groups is 1. The van der Waals surface area contributed by atoms with Gasteiger partial charge in [-0.25, -0.2) is 4.98 Å². The van der Waals surface area contributed by atoms with Crippen LogP contribution in [0.3, 0.4) is 0 Å². The Bertz CT molecular complexity index is 739. The average molecular weight is 240 g/mol. The van der Waals surface area contributed by atoms with Gasteiger partial charge < -0.3 is 4.98 Å². The molecular weight excluding hydrogens is 228 g/mol. The van der Waals surface area contributed by atoms with Crippen LogP contribution >= 0.6 is 0 Å². The summed E-state index contributed by atoms with van der Waals surface area (Å²) in [4.78, 5) is 18.4. The van der Waals surface area contributed by atoms with Gasteiger partial charge in [-0.2, -0.15) is 5.10 Å². The number of H-pyrrole nitrogens is 1. The molecule has 5 nitrogen and oxygen atoms in total. The Labute approximate surface area is 103 Å². The van der Waals surface area contributed by atoms with Gasteiger partial charge in [-0.05, 0) is 12.5 Å². The number of aromatic nitrogens is 4. The number of pyridine rings is 1. The molecular formula is C13H12N4O. The van der Waals surface area contributed by atoms with Gasteiger partial charge in [0, 0.05) is 47.7 Å². The van der Waals surface area contributed by atoms with E-state index in [0.29, 0.717) is 5.56 Å². The summed E-state index contributed by atoms with van der Waals surface area (Å²) >= 11 is 0. The van der Waals surface area contributed by atoms with Crippen LogP contribution in [0, 0.1) is 6.92 Å². The lowest BCUT2D eigenvalue weighted by Crippen LogP contribution is -1.89. The van der Waals surface area contributed by atoms with Gasteiger partial charge in [0.1, 0.15) is 5.65 Å². The number of hydrogen-bond donors (Lipinski definition) is 1. The van der Waals surface area contributed by atoms with Gasteiger partial charge >= 0.3 is 0 Å². The predicted octanol–water partition coefficient (Wildman–Crippen LogP) is 2.08. The van der Waals surface area contributed by atoms with Crippen LogP contribution in [0.15, 0.2) is 24.8 Å². The summed E-state index contributed by atoms with van der Waals surface area (Å²) in [5.41, 5.74) is 4.42. The summed E-state index contributed by atoms with van der Waals surface area (Å²) in [5, 5.41) is 5.04. The Balaban J connectivity index is 2.31. The minimum absolute atomic E-state index is 0.640. The Kier molecular flexibility index (Phi) is 2.26. The summed E-state index contributed by atoms with van der Waals surface area (Å²) in [6.45, 7) is 1.99. The Morgan fingerprint density at radius 3 is 2.89 bits per heavy atom. The largest absolute Gasteiger partial charge is 0.345 e. The Morgan fingerprint density at radius 2 is 2.22 bits per heavy atom. The summed E-state index contributed by atoms with van der Waals surface area (Å²) in [6.07, 6.45) is 8.07. The van der Waals surface area contributed by atoms with Gasteiger partial charge in [0.2, 0.25) is 0 Å². The third-order valence-electron chi connectivity index (χ3n) is 3.13. The van der Waals surface area contributed by atoms with Gasteiger partial charge in [0.05, 0.1) is 6.20 Å². The fourth-order valence-electron chi connectivity index (χ4n) is 2.23. The number of aldehydes is 1. The topological polar surface area (TPSA) is 63.6 Å².